The maximum Gasteiger partial charge on any atom is 0.335 e. The summed E-state index contributed by atoms with van der Waals surface area (Å²) in [6.07, 6.45) is 1.22. The zero-order valence-corrected chi connectivity index (χ0v) is 11.7. The second-order valence-electron chi connectivity index (χ2n) is 5.05. The van der Waals surface area contributed by atoms with Gasteiger partial charge in [0.25, 0.3) is 0 Å². The van der Waals surface area contributed by atoms with Crippen LogP contribution in [0.25, 0.3) is 0 Å². The van der Waals surface area contributed by atoms with Gasteiger partial charge in [0.2, 0.25) is 5.82 Å². The predicted octanol–water partition coefficient (Wildman–Crippen LogP) is 2.63. The third-order valence-electron chi connectivity index (χ3n) is 3.67. The first-order valence-corrected chi connectivity index (χ1v) is 6.90. The van der Waals surface area contributed by atoms with E-state index in [4.69, 9.17) is 23.2 Å². The maximum absolute atomic E-state index is 11.3. The summed E-state index contributed by atoms with van der Waals surface area (Å²) in [5, 5.41) is 11.3. The minimum absolute atomic E-state index is 0.0800. The monoisotopic (exact) mass is 302 g/mol. The molecule has 102 valence electrons. The van der Waals surface area contributed by atoms with Crippen molar-refractivity contribution in [3.63, 3.8) is 0 Å². The molecule has 3 rings (SSSR count). The molecule has 0 aromatic carbocycles. The Morgan fingerprint density at radius 3 is 2.53 bits per heavy atom. The van der Waals surface area contributed by atoms with Gasteiger partial charge in [-0.15, -0.1) is 0 Å². The van der Waals surface area contributed by atoms with Crippen molar-refractivity contribution in [2.45, 2.75) is 18.2 Å². The van der Waals surface area contributed by atoms with Crippen LogP contribution < -0.4 is 4.90 Å². The molecule has 6 nitrogen and oxygen atoms in total. The highest BCUT2D eigenvalue weighted by molar-refractivity contribution is 6.44. The Labute approximate surface area is 119 Å². The van der Waals surface area contributed by atoms with Crippen molar-refractivity contribution < 1.29 is 4.92 Å². The van der Waals surface area contributed by atoms with Crippen LogP contribution in [0.2, 0.25) is 0 Å². The molecule has 0 spiro atoms. The highest BCUT2D eigenvalue weighted by atomic mass is 35.5. The average Bonchev–Trinajstić information content (AvgIpc) is 2.94. The van der Waals surface area contributed by atoms with E-state index in [0.717, 1.165) is 13.1 Å². The van der Waals surface area contributed by atoms with E-state index in [1.54, 1.807) is 6.92 Å². The number of aromatic nitrogens is 2. The van der Waals surface area contributed by atoms with Gasteiger partial charge >= 0.3 is 5.69 Å². The number of halogens is 2. The Kier molecular flexibility index (Phi) is 3.02. The first-order valence-electron chi connectivity index (χ1n) is 6.03. The number of alkyl halides is 2. The van der Waals surface area contributed by atoms with E-state index in [1.807, 2.05) is 4.90 Å². The minimum Gasteiger partial charge on any atom is -0.350 e. The smallest absolute Gasteiger partial charge is 0.335 e. The Balaban J connectivity index is 2.08. The van der Waals surface area contributed by atoms with Crippen molar-refractivity contribution >= 4 is 34.7 Å². The molecular weight excluding hydrogens is 291 g/mol. The lowest BCUT2D eigenvalue weighted by Gasteiger charge is -2.20. The van der Waals surface area contributed by atoms with Crippen molar-refractivity contribution in [2.75, 3.05) is 18.0 Å². The molecule has 2 aliphatic rings. The first kappa shape index (κ1) is 12.9. The Morgan fingerprint density at radius 1 is 1.37 bits per heavy atom. The van der Waals surface area contributed by atoms with Crippen molar-refractivity contribution in [3.8, 4) is 0 Å². The quantitative estimate of drug-likeness (QED) is 0.487. The molecule has 0 unspecified atom stereocenters. The van der Waals surface area contributed by atoms with Crippen molar-refractivity contribution in [1.29, 1.82) is 0 Å². The third-order valence-corrected chi connectivity index (χ3v) is 4.09. The van der Waals surface area contributed by atoms with Crippen molar-refractivity contribution in [3.05, 3.63) is 21.6 Å². The molecule has 1 aromatic rings. The van der Waals surface area contributed by atoms with Gasteiger partial charge in [-0.3, -0.25) is 10.1 Å². The fourth-order valence-electron chi connectivity index (χ4n) is 2.69. The summed E-state index contributed by atoms with van der Waals surface area (Å²) in [6.45, 7) is 3.32. The molecule has 8 heteroatoms. The van der Waals surface area contributed by atoms with Crippen molar-refractivity contribution in [1.82, 2.24) is 9.97 Å². The van der Waals surface area contributed by atoms with E-state index in [9.17, 15) is 10.1 Å². The van der Waals surface area contributed by atoms with Crippen LogP contribution in [0.4, 0.5) is 11.5 Å². The normalized spacial score (nSPS) is 24.7. The lowest BCUT2D eigenvalue weighted by atomic mass is 10.3. The number of anilines is 1. The highest BCUT2D eigenvalue weighted by Gasteiger charge is 2.47. The summed E-state index contributed by atoms with van der Waals surface area (Å²) in [5.74, 6) is 2.11. The summed E-state index contributed by atoms with van der Waals surface area (Å²) in [7, 11) is 0. The Morgan fingerprint density at radius 2 is 2.00 bits per heavy atom. The van der Waals surface area contributed by atoms with E-state index < -0.39 is 9.76 Å². The van der Waals surface area contributed by atoms with Crippen LogP contribution in [0.5, 0.6) is 0 Å². The van der Waals surface area contributed by atoms with Gasteiger partial charge in [-0.05, 0) is 25.2 Å². The topological polar surface area (TPSA) is 72.2 Å². The summed E-state index contributed by atoms with van der Waals surface area (Å²) >= 11 is 11.6. The summed E-state index contributed by atoms with van der Waals surface area (Å²) in [5.41, 5.74) is -0.0849. The second-order valence-corrected chi connectivity index (χ2v) is 6.14. The lowest BCUT2D eigenvalue weighted by molar-refractivity contribution is -0.385. The molecule has 2 fully saturated rings. The Bertz CT molecular complexity index is 542. The van der Waals surface area contributed by atoms with E-state index in [1.165, 1.54) is 6.42 Å². The van der Waals surface area contributed by atoms with Crippen LogP contribution in [0, 0.1) is 28.9 Å². The number of nitro groups is 1. The van der Waals surface area contributed by atoms with Crippen LogP contribution in [0.3, 0.4) is 0 Å². The molecule has 0 bridgehead atoms. The average molecular weight is 303 g/mol. The maximum atomic E-state index is 11.3. The summed E-state index contributed by atoms with van der Waals surface area (Å²) < 4.78 is 0. The predicted molar refractivity (Wildman–Crippen MR) is 71.7 cm³/mol. The summed E-state index contributed by atoms with van der Waals surface area (Å²) in [4.78, 5) is 20.0. The van der Waals surface area contributed by atoms with Gasteiger partial charge in [0.1, 0.15) is 5.82 Å². The first-order chi connectivity index (χ1) is 8.97. The van der Waals surface area contributed by atoms with E-state index in [2.05, 4.69) is 9.97 Å². The molecule has 2 heterocycles. The van der Waals surface area contributed by atoms with Gasteiger partial charge in [-0.1, -0.05) is 23.2 Å². The largest absolute Gasteiger partial charge is 0.350 e. The fourth-order valence-corrected chi connectivity index (χ4v) is 3.00. The number of hydrogen-bond donors (Lipinski definition) is 0. The molecule has 19 heavy (non-hydrogen) atoms. The van der Waals surface area contributed by atoms with E-state index in [0.29, 0.717) is 23.5 Å². The second kappa shape index (κ2) is 4.45. The van der Waals surface area contributed by atoms with Gasteiger partial charge in [0, 0.05) is 13.1 Å². The minimum atomic E-state index is -1.03. The molecule has 0 amide bonds. The standard InChI is InChI=1S/C11H12Cl2N4O2/c1-5-14-8(10(12)13)9(17(18)19)11(15-5)16-3-6-2-7(6)4-16/h6-7,10H,2-4H2,1H3/t6-,7+. The molecule has 0 N–H and O–H groups in total. The third kappa shape index (κ3) is 2.23. The van der Waals surface area contributed by atoms with Gasteiger partial charge in [0.05, 0.1) is 4.92 Å². The van der Waals surface area contributed by atoms with Crippen LogP contribution in [-0.2, 0) is 0 Å². The van der Waals surface area contributed by atoms with Crippen LogP contribution in [0.15, 0.2) is 0 Å². The van der Waals surface area contributed by atoms with E-state index >= 15 is 0 Å². The van der Waals surface area contributed by atoms with Gasteiger partial charge in [0.15, 0.2) is 10.5 Å². The van der Waals surface area contributed by atoms with Gasteiger partial charge < -0.3 is 4.90 Å². The molecule has 2 atom stereocenters. The molecule has 1 saturated carbocycles. The summed E-state index contributed by atoms with van der Waals surface area (Å²) in [6, 6.07) is 0. The Hall–Kier alpha value is -1.14. The van der Waals surface area contributed by atoms with Gasteiger partial charge in [-0.25, -0.2) is 9.97 Å². The SMILES string of the molecule is Cc1nc(C(Cl)Cl)c([N+](=O)[O-])c(N2C[C@H]3C[C@H]3C2)n1. The number of rotatable bonds is 3. The van der Waals surface area contributed by atoms with E-state index in [-0.39, 0.29) is 11.4 Å². The highest BCUT2D eigenvalue weighted by Crippen LogP contribution is 2.48. The fraction of sp³-hybridized carbons (Fsp3) is 0.636. The van der Waals surface area contributed by atoms with Crippen molar-refractivity contribution in [2.24, 2.45) is 11.8 Å². The molecule has 1 aliphatic heterocycles. The number of fused-ring (bicyclic) bond motifs is 1. The zero-order chi connectivity index (χ0) is 13.7. The number of hydrogen-bond acceptors (Lipinski definition) is 5. The molecule has 0 radical (unpaired) electrons. The molecule has 1 aliphatic carbocycles. The zero-order valence-electron chi connectivity index (χ0n) is 10.2. The molecular formula is C11H12Cl2N4O2. The van der Waals surface area contributed by atoms with Crippen LogP contribution in [-0.4, -0.2) is 28.0 Å². The molecule has 1 saturated heterocycles. The van der Waals surface area contributed by atoms with Gasteiger partial charge in [-0.2, -0.15) is 0 Å². The lowest BCUT2D eigenvalue weighted by Crippen LogP contribution is -2.25. The number of piperidine rings is 1. The molecule has 1 aromatic heterocycles. The number of aryl methyl sites for hydroxylation is 1. The van der Waals surface area contributed by atoms with Crippen LogP contribution in [0.1, 0.15) is 22.8 Å². The van der Waals surface area contributed by atoms with Crippen LogP contribution >= 0.6 is 23.2 Å². The number of nitrogens with zero attached hydrogens (tertiary/aromatic N) is 4.